The van der Waals surface area contributed by atoms with Gasteiger partial charge in [-0.3, -0.25) is 4.79 Å². The van der Waals surface area contributed by atoms with Crippen LogP contribution in [0.3, 0.4) is 0 Å². The van der Waals surface area contributed by atoms with Crippen LogP contribution >= 0.6 is 0 Å². The second kappa shape index (κ2) is 8.50. The molecular weight excluding hydrogens is 388 g/mol. The van der Waals surface area contributed by atoms with Crippen LogP contribution in [0, 0.1) is 6.92 Å². The fraction of sp³-hybridized carbons (Fsp3) is 0.346. The summed E-state index contributed by atoms with van der Waals surface area (Å²) in [5.41, 5.74) is 6.84. The monoisotopic (exact) mass is 418 g/mol. The summed E-state index contributed by atoms with van der Waals surface area (Å²) < 4.78 is 11.9. The number of amides is 1. The number of hydrogen-bond donors (Lipinski definition) is 1. The number of furan rings is 1. The zero-order valence-corrected chi connectivity index (χ0v) is 19.0. The summed E-state index contributed by atoms with van der Waals surface area (Å²) >= 11 is 0. The molecule has 5 nitrogen and oxygen atoms in total. The first-order chi connectivity index (χ1) is 14.9. The van der Waals surface area contributed by atoms with Crippen LogP contribution in [0.4, 0.5) is 11.4 Å². The number of carbonyl (C=O) groups excluding carboxylic acids is 1. The lowest BCUT2D eigenvalue weighted by Crippen LogP contribution is -2.10. The summed E-state index contributed by atoms with van der Waals surface area (Å²) in [5.74, 6) is 1.70. The van der Waals surface area contributed by atoms with Gasteiger partial charge in [-0.1, -0.05) is 0 Å². The Bertz CT molecular complexity index is 1150. The highest BCUT2D eigenvalue weighted by Gasteiger charge is 2.23. The molecule has 3 aromatic rings. The van der Waals surface area contributed by atoms with E-state index in [0.717, 1.165) is 63.4 Å². The van der Waals surface area contributed by atoms with Gasteiger partial charge in [0.15, 0.2) is 0 Å². The number of fused-ring (bicyclic) bond motifs is 3. The molecule has 0 radical (unpaired) electrons. The average molecular weight is 419 g/mol. The maximum absolute atomic E-state index is 12.7. The van der Waals surface area contributed by atoms with Gasteiger partial charge in [0.05, 0.1) is 7.11 Å². The lowest BCUT2D eigenvalue weighted by molar-refractivity contribution is -0.111. The molecule has 4 rings (SSSR count). The number of hydrogen-bond acceptors (Lipinski definition) is 4. The lowest BCUT2D eigenvalue weighted by atomic mass is 9.93. The molecule has 1 aromatic heterocycles. The summed E-state index contributed by atoms with van der Waals surface area (Å²) in [6.07, 6.45) is 6.02. The molecule has 1 aliphatic carbocycles. The normalized spacial score (nSPS) is 13.8. The molecule has 0 atom stereocenters. The van der Waals surface area contributed by atoms with Gasteiger partial charge in [-0.2, -0.15) is 0 Å². The van der Waals surface area contributed by atoms with Gasteiger partial charge in [0.2, 0.25) is 5.91 Å². The van der Waals surface area contributed by atoms with Crippen molar-refractivity contribution < 1.29 is 13.9 Å². The summed E-state index contributed by atoms with van der Waals surface area (Å²) in [7, 11) is 5.65. The summed E-state index contributed by atoms with van der Waals surface area (Å²) in [6.45, 7) is 3.98. The van der Waals surface area contributed by atoms with E-state index in [-0.39, 0.29) is 5.91 Å². The smallest absolute Gasteiger partial charge is 0.248 e. The number of rotatable bonds is 5. The minimum Gasteiger partial charge on any atom is -0.496 e. The van der Waals surface area contributed by atoms with Crippen molar-refractivity contribution in [2.75, 3.05) is 31.4 Å². The Morgan fingerprint density at radius 2 is 1.87 bits per heavy atom. The van der Waals surface area contributed by atoms with E-state index in [2.05, 4.69) is 11.4 Å². The number of allylic oxidation sites excluding steroid dienone is 1. The third-order valence-corrected chi connectivity index (χ3v) is 6.05. The second-order valence-electron chi connectivity index (χ2n) is 8.43. The van der Waals surface area contributed by atoms with Crippen LogP contribution in [0.2, 0.25) is 0 Å². The maximum Gasteiger partial charge on any atom is 0.248 e. The van der Waals surface area contributed by atoms with Crippen LogP contribution in [-0.4, -0.2) is 27.1 Å². The highest BCUT2D eigenvalue weighted by Crippen LogP contribution is 2.41. The summed E-state index contributed by atoms with van der Waals surface area (Å²) in [4.78, 5) is 14.7. The molecule has 31 heavy (non-hydrogen) atoms. The van der Waals surface area contributed by atoms with Crippen LogP contribution < -0.4 is 15.0 Å². The van der Waals surface area contributed by atoms with Crippen molar-refractivity contribution in [1.29, 1.82) is 0 Å². The molecule has 0 fully saturated rings. The van der Waals surface area contributed by atoms with Crippen molar-refractivity contribution in [2.24, 2.45) is 0 Å². The summed E-state index contributed by atoms with van der Waals surface area (Å²) in [5, 5.41) is 4.10. The summed E-state index contributed by atoms with van der Waals surface area (Å²) in [6, 6.07) is 9.90. The molecule has 0 saturated carbocycles. The molecular formula is C26H30N2O3. The minimum atomic E-state index is -0.163. The Morgan fingerprint density at radius 3 is 2.55 bits per heavy atom. The van der Waals surface area contributed by atoms with Gasteiger partial charge in [0.1, 0.15) is 17.1 Å². The zero-order chi connectivity index (χ0) is 22.1. The Morgan fingerprint density at radius 1 is 1.16 bits per heavy atom. The van der Waals surface area contributed by atoms with E-state index in [1.54, 1.807) is 13.2 Å². The number of methoxy groups -OCH3 is 1. The van der Waals surface area contributed by atoms with Crippen molar-refractivity contribution >= 4 is 33.8 Å². The van der Waals surface area contributed by atoms with Gasteiger partial charge in [-0.25, -0.2) is 0 Å². The van der Waals surface area contributed by atoms with Crippen molar-refractivity contribution in [3.63, 3.8) is 0 Å². The minimum absolute atomic E-state index is 0.163. The van der Waals surface area contributed by atoms with E-state index < -0.39 is 0 Å². The molecule has 1 heterocycles. The highest BCUT2D eigenvalue weighted by atomic mass is 16.5. The van der Waals surface area contributed by atoms with Gasteiger partial charge in [-0.05, 0) is 69.0 Å². The lowest BCUT2D eigenvalue weighted by Gasteiger charge is -2.14. The van der Waals surface area contributed by atoms with Crippen molar-refractivity contribution in [1.82, 2.24) is 0 Å². The van der Waals surface area contributed by atoms with E-state index >= 15 is 0 Å². The van der Waals surface area contributed by atoms with E-state index in [4.69, 9.17) is 9.15 Å². The van der Waals surface area contributed by atoms with E-state index in [1.807, 2.05) is 57.1 Å². The molecule has 0 bridgehead atoms. The number of aryl methyl sites for hydroxylation is 3. The predicted octanol–water partition coefficient (Wildman–Crippen LogP) is 5.74. The van der Waals surface area contributed by atoms with Crippen LogP contribution in [0.25, 0.3) is 16.5 Å². The van der Waals surface area contributed by atoms with Gasteiger partial charge < -0.3 is 19.4 Å². The Kier molecular flexibility index (Phi) is 5.77. The van der Waals surface area contributed by atoms with E-state index in [1.165, 1.54) is 18.4 Å². The fourth-order valence-corrected chi connectivity index (χ4v) is 4.39. The van der Waals surface area contributed by atoms with Gasteiger partial charge >= 0.3 is 0 Å². The van der Waals surface area contributed by atoms with Crippen molar-refractivity contribution in [3.8, 4) is 5.75 Å². The van der Waals surface area contributed by atoms with Gasteiger partial charge in [-0.15, -0.1) is 0 Å². The number of anilines is 2. The Hall–Kier alpha value is -3.21. The van der Waals surface area contributed by atoms with Crippen LogP contribution in [0.1, 0.15) is 42.2 Å². The quantitative estimate of drug-likeness (QED) is 0.537. The molecule has 0 saturated heterocycles. The molecule has 1 amide bonds. The zero-order valence-electron chi connectivity index (χ0n) is 19.0. The molecule has 1 aliphatic rings. The molecule has 0 aliphatic heterocycles. The Balaban J connectivity index is 1.66. The number of benzene rings is 2. The molecule has 0 spiro atoms. The number of nitrogens with one attached hydrogen (secondary N) is 1. The standard InChI is InChI=1S/C26H30N2O3/c1-16(14-24(29)27-18-10-12-19(13-11-18)28(3)4)21-15-22-20-8-6-7-9-23(20)31-26(22)17(2)25(21)30-5/h10-15H,6-9H2,1-5H3,(H,27,29)/b16-14+. The van der Waals surface area contributed by atoms with Gasteiger partial charge in [0, 0.05) is 60.0 Å². The van der Waals surface area contributed by atoms with Crippen molar-refractivity contribution in [2.45, 2.75) is 39.5 Å². The largest absolute Gasteiger partial charge is 0.496 e. The first-order valence-corrected chi connectivity index (χ1v) is 10.8. The van der Waals surface area contributed by atoms with Gasteiger partial charge in [0.25, 0.3) is 0 Å². The number of ether oxygens (including phenoxy) is 1. The van der Waals surface area contributed by atoms with Crippen LogP contribution in [0.15, 0.2) is 40.8 Å². The molecule has 5 heteroatoms. The van der Waals surface area contributed by atoms with E-state index in [0.29, 0.717) is 0 Å². The topological polar surface area (TPSA) is 54.7 Å². The first kappa shape index (κ1) is 21.0. The number of carbonyl (C=O) groups is 1. The first-order valence-electron chi connectivity index (χ1n) is 10.8. The maximum atomic E-state index is 12.7. The molecule has 162 valence electrons. The third-order valence-electron chi connectivity index (χ3n) is 6.05. The van der Waals surface area contributed by atoms with Crippen molar-refractivity contribution in [3.05, 3.63) is 58.9 Å². The third kappa shape index (κ3) is 4.05. The molecule has 2 aromatic carbocycles. The average Bonchev–Trinajstić information content (AvgIpc) is 3.13. The predicted molar refractivity (Wildman–Crippen MR) is 127 cm³/mol. The SMILES string of the molecule is COc1c(/C(C)=C/C(=O)Nc2ccc(N(C)C)cc2)cc2c3c(oc2c1C)CCCC3. The highest BCUT2D eigenvalue weighted by molar-refractivity contribution is 6.05. The molecule has 1 N–H and O–H groups in total. The molecule has 0 unspecified atom stereocenters. The van der Waals surface area contributed by atoms with E-state index in [9.17, 15) is 4.79 Å². The Labute approximate surface area is 183 Å². The number of nitrogens with zero attached hydrogens (tertiary/aromatic N) is 1. The fourth-order valence-electron chi connectivity index (χ4n) is 4.39. The second-order valence-corrected chi connectivity index (χ2v) is 8.43. The van der Waals surface area contributed by atoms with Crippen LogP contribution in [0.5, 0.6) is 5.75 Å². The van der Waals surface area contributed by atoms with Crippen LogP contribution in [-0.2, 0) is 17.6 Å².